The fourth-order valence-corrected chi connectivity index (χ4v) is 2.56. The summed E-state index contributed by atoms with van der Waals surface area (Å²) < 4.78 is 0. The quantitative estimate of drug-likeness (QED) is 0.680. The first-order valence-corrected chi connectivity index (χ1v) is 5.84. The molecular weight excluding hydrogens is 170 g/mol. The molecule has 1 rings (SSSR count). The summed E-state index contributed by atoms with van der Waals surface area (Å²) in [5.74, 6) is 7.96. The zero-order chi connectivity index (χ0) is 10.4. The first-order valence-electron chi connectivity index (χ1n) is 5.84. The Morgan fingerprint density at radius 3 is 2.79 bits per heavy atom. The monoisotopic (exact) mass is 193 g/mol. The number of nitrogens with one attached hydrogen (secondary N) is 1. The summed E-state index contributed by atoms with van der Waals surface area (Å²) in [5, 5.41) is 3.42. The first-order chi connectivity index (χ1) is 6.77. The predicted octanol–water partition coefficient (Wildman–Crippen LogP) is 2.81. The van der Waals surface area contributed by atoms with E-state index in [1.54, 1.807) is 0 Å². The smallest absolute Gasteiger partial charge is 0.0245 e. The molecule has 0 aromatic carbocycles. The Balaban J connectivity index is 2.44. The average molecular weight is 193 g/mol. The first kappa shape index (κ1) is 11.6. The molecule has 80 valence electrons. The minimum atomic E-state index is 0.616. The second-order valence-electron chi connectivity index (χ2n) is 4.56. The van der Waals surface area contributed by atoms with E-state index < -0.39 is 0 Å². The molecule has 0 aromatic heterocycles. The highest BCUT2D eigenvalue weighted by atomic mass is 14.9. The third-order valence-corrected chi connectivity index (χ3v) is 3.42. The number of hydrogen-bond acceptors (Lipinski definition) is 1. The molecule has 0 heterocycles. The van der Waals surface area contributed by atoms with Gasteiger partial charge in [0.2, 0.25) is 0 Å². The molecule has 0 aromatic rings. The van der Waals surface area contributed by atoms with Gasteiger partial charge >= 0.3 is 0 Å². The van der Waals surface area contributed by atoms with Gasteiger partial charge in [-0.2, -0.15) is 0 Å². The second-order valence-corrected chi connectivity index (χ2v) is 4.56. The van der Waals surface area contributed by atoms with E-state index in [1.807, 2.05) is 6.92 Å². The normalized spacial score (nSPS) is 29.1. The van der Waals surface area contributed by atoms with E-state index in [0.29, 0.717) is 6.04 Å². The van der Waals surface area contributed by atoms with Gasteiger partial charge in [-0.3, -0.25) is 0 Å². The van der Waals surface area contributed by atoms with Crippen molar-refractivity contribution >= 4 is 0 Å². The van der Waals surface area contributed by atoms with Crippen molar-refractivity contribution in [2.24, 2.45) is 11.8 Å². The highest BCUT2D eigenvalue weighted by Gasteiger charge is 2.24. The van der Waals surface area contributed by atoms with Crippen molar-refractivity contribution in [2.45, 2.75) is 52.0 Å². The molecule has 1 heteroatoms. The summed E-state index contributed by atoms with van der Waals surface area (Å²) in [6, 6.07) is 0.616. The van der Waals surface area contributed by atoms with Gasteiger partial charge in [-0.1, -0.05) is 19.8 Å². The van der Waals surface area contributed by atoms with Crippen molar-refractivity contribution < 1.29 is 0 Å². The highest BCUT2D eigenvalue weighted by Crippen LogP contribution is 2.31. The van der Waals surface area contributed by atoms with E-state index in [0.717, 1.165) is 18.3 Å². The van der Waals surface area contributed by atoms with E-state index in [2.05, 4.69) is 31.1 Å². The number of rotatable bonds is 3. The lowest BCUT2D eigenvalue weighted by molar-refractivity contribution is 0.230. The molecule has 1 aliphatic rings. The summed E-state index contributed by atoms with van der Waals surface area (Å²) in [6.45, 7) is 4.31. The van der Waals surface area contributed by atoms with Crippen LogP contribution in [-0.2, 0) is 0 Å². The molecule has 0 saturated heterocycles. The zero-order valence-corrected chi connectivity index (χ0v) is 9.77. The standard InChI is InChI=1S/C13H23N/c1-4-5-9-13(14-3)12-8-6-7-11(2)10-12/h11-14H,6-10H2,1-3H3. The maximum atomic E-state index is 3.42. The Kier molecular flexibility index (Phi) is 5.04. The highest BCUT2D eigenvalue weighted by molar-refractivity contribution is 4.99. The molecule has 0 bridgehead atoms. The largest absolute Gasteiger partial charge is 0.316 e. The SMILES string of the molecule is CC#CCC(NC)C1CCCC(C)C1. The summed E-state index contributed by atoms with van der Waals surface area (Å²) in [7, 11) is 2.07. The van der Waals surface area contributed by atoms with Crippen LogP contribution in [0.25, 0.3) is 0 Å². The lowest BCUT2D eigenvalue weighted by Gasteiger charge is -2.32. The van der Waals surface area contributed by atoms with Crippen molar-refractivity contribution in [1.29, 1.82) is 0 Å². The fourth-order valence-electron chi connectivity index (χ4n) is 2.56. The molecule has 1 fully saturated rings. The molecule has 0 spiro atoms. The molecule has 3 atom stereocenters. The number of hydrogen-bond donors (Lipinski definition) is 1. The molecule has 0 aliphatic heterocycles. The maximum Gasteiger partial charge on any atom is 0.0245 e. The average Bonchev–Trinajstić information content (AvgIpc) is 2.19. The third-order valence-electron chi connectivity index (χ3n) is 3.42. The van der Waals surface area contributed by atoms with Crippen LogP contribution in [-0.4, -0.2) is 13.1 Å². The minimum Gasteiger partial charge on any atom is -0.316 e. The Morgan fingerprint density at radius 1 is 1.43 bits per heavy atom. The maximum absolute atomic E-state index is 3.42. The lowest BCUT2D eigenvalue weighted by Crippen LogP contribution is -2.35. The molecule has 1 N–H and O–H groups in total. The van der Waals surface area contributed by atoms with E-state index >= 15 is 0 Å². The van der Waals surface area contributed by atoms with Gasteiger partial charge in [0.1, 0.15) is 0 Å². The van der Waals surface area contributed by atoms with Gasteiger partial charge in [0, 0.05) is 12.5 Å². The molecular formula is C13H23N. The van der Waals surface area contributed by atoms with Crippen LogP contribution in [0.15, 0.2) is 0 Å². The van der Waals surface area contributed by atoms with E-state index in [1.165, 1.54) is 25.7 Å². The van der Waals surface area contributed by atoms with Crippen LogP contribution in [0.2, 0.25) is 0 Å². The lowest BCUT2D eigenvalue weighted by atomic mass is 9.78. The van der Waals surface area contributed by atoms with Gasteiger partial charge in [0.25, 0.3) is 0 Å². The Hall–Kier alpha value is -0.480. The van der Waals surface area contributed by atoms with Crippen LogP contribution < -0.4 is 5.32 Å². The van der Waals surface area contributed by atoms with Crippen LogP contribution >= 0.6 is 0 Å². The summed E-state index contributed by atoms with van der Waals surface area (Å²) in [5.41, 5.74) is 0. The minimum absolute atomic E-state index is 0.616. The molecule has 14 heavy (non-hydrogen) atoms. The van der Waals surface area contributed by atoms with E-state index in [-0.39, 0.29) is 0 Å². The zero-order valence-electron chi connectivity index (χ0n) is 9.77. The van der Waals surface area contributed by atoms with Crippen LogP contribution in [0.5, 0.6) is 0 Å². The molecule has 0 radical (unpaired) electrons. The van der Waals surface area contributed by atoms with Crippen LogP contribution in [0.4, 0.5) is 0 Å². The summed E-state index contributed by atoms with van der Waals surface area (Å²) in [6.07, 6.45) is 6.62. The van der Waals surface area contributed by atoms with Crippen molar-refractivity contribution in [3.8, 4) is 11.8 Å². The second kappa shape index (κ2) is 6.09. The van der Waals surface area contributed by atoms with Gasteiger partial charge in [-0.15, -0.1) is 11.8 Å². The fraction of sp³-hybridized carbons (Fsp3) is 0.846. The Morgan fingerprint density at radius 2 is 2.21 bits per heavy atom. The Bertz CT molecular complexity index is 211. The van der Waals surface area contributed by atoms with Crippen LogP contribution in [0.3, 0.4) is 0 Å². The van der Waals surface area contributed by atoms with Gasteiger partial charge in [0.05, 0.1) is 0 Å². The van der Waals surface area contributed by atoms with Crippen molar-refractivity contribution in [2.75, 3.05) is 7.05 Å². The summed E-state index contributed by atoms with van der Waals surface area (Å²) in [4.78, 5) is 0. The van der Waals surface area contributed by atoms with Gasteiger partial charge in [0.15, 0.2) is 0 Å². The van der Waals surface area contributed by atoms with Crippen molar-refractivity contribution in [3.05, 3.63) is 0 Å². The molecule has 0 amide bonds. The van der Waals surface area contributed by atoms with Crippen LogP contribution in [0.1, 0.15) is 46.0 Å². The third kappa shape index (κ3) is 3.35. The van der Waals surface area contributed by atoms with Crippen molar-refractivity contribution in [3.63, 3.8) is 0 Å². The molecule has 1 nitrogen and oxygen atoms in total. The van der Waals surface area contributed by atoms with Gasteiger partial charge in [-0.05, 0) is 38.6 Å². The predicted molar refractivity (Wildman–Crippen MR) is 62.0 cm³/mol. The van der Waals surface area contributed by atoms with E-state index in [9.17, 15) is 0 Å². The van der Waals surface area contributed by atoms with Crippen molar-refractivity contribution in [1.82, 2.24) is 5.32 Å². The van der Waals surface area contributed by atoms with Gasteiger partial charge in [-0.25, -0.2) is 0 Å². The molecule has 1 aliphatic carbocycles. The topological polar surface area (TPSA) is 12.0 Å². The molecule has 3 unspecified atom stereocenters. The summed E-state index contributed by atoms with van der Waals surface area (Å²) >= 11 is 0. The van der Waals surface area contributed by atoms with E-state index in [4.69, 9.17) is 0 Å². The Labute approximate surface area is 88.7 Å². The molecule has 1 saturated carbocycles. The van der Waals surface area contributed by atoms with Gasteiger partial charge < -0.3 is 5.32 Å². The van der Waals surface area contributed by atoms with Crippen LogP contribution in [0, 0.1) is 23.7 Å².